The zero-order valence-electron chi connectivity index (χ0n) is 2.81. The molecule has 0 amide bonds. The van der Waals surface area contributed by atoms with E-state index in [1.165, 1.54) is 0 Å². The van der Waals surface area contributed by atoms with Crippen LogP contribution in [0.25, 0.3) is 0 Å². The molecule has 0 nitrogen and oxygen atoms in total. The molecule has 0 rings (SSSR count). The van der Waals surface area contributed by atoms with E-state index in [1.807, 2.05) is 6.92 Å². The summed E-state index contributed by atoms with van der Waals surface area (Å²) in [5.41, 5.74) is 0. The Morgan fingerprint density at radius 2 is 2.20 bits per heavy atom. The van der Waals surface area contributed by atoms with Crippen LogP contribution in [0.4, 0.5) is 0 Å². The molecule has 0 saturated carbocycles. The van der Waals surface area contributed by atoms with Crippen molar-refractivity contribution in [2.45, 2.75) is 11.5 Å². The lowest BCUT2D eigenvalue weighted by atomic mass is 11.0. The second-order valence-corrected chi connectivity index (χ2v) is 4.22. The van der Waals surface area contributed by atoms with Crippen LogP contribution in [0, 0.1) is 0 Å². The van der Waals surface area contributed by atoms with Gasteiger partial charge in [-0.1, -0.05) is 8.93 Å². The molecule has 0 aromatic heterocycles. The van der Waals surface area contributed by atoms with Crippen LogP contribution in [-0.4, -0.2) is 4.58 Å². The van der Waals surface area contributed by atoms with Gasteiger partial charge in [0.1, 0.15) is 0 Å². The molecule has 0 aliphatic rings. The molecular weight excluding hydrogens is 215 g/mol. The third kappa shape index (κ3) is 5.43. The van der Waals surface area contributed by atoms with E-state index in [2.05, 4.69) is 33.8 Å². The summed E-state index contributed by atoms with van der Waals surface area (Å²) < 4.78 is 0.482. The monoisotopic (exact) mass is 220 g/mol. The highest BCUT2D eigenvalue weighted by atomic mass is 127. The van der Waals surface area contributed by atoms with Crippen LogP contribution >= 0.6 is 42.8 Å². The average molecular weight is 220 g/mol. The Morgan fingerprint density at radius 3 is 2.20 bits per heavy atom. The van der Waals surface area contributed by atoms with Gasteiger partial charge >= 0.3 is 0 Å². The van der Waals surface area contributed by atoms with Crippen LogP contribution in [0.15, 0.2) is 0 Å². The zero-order valence-corrected chi connectivity index (χ0v) is 6.68. The maximum atomic E-state index is 4.05. The van der Waals surface area contributed by atoms with Crippen molar-refractivity contribution < 1.29 is 0 Å². The van der Waals surface area contributed by atoms with E-state index >= 15 is 0 Å². The van der Waals surface area contributed by atoms with E-state index in [4.69, 9.17) is 0 Å². The molecule has 1 atom stereocenters. The van der Waals surface area contributed by atoms with E-state index in [-0.39, 0.29) is 0 Å². The van der Waals surface area contributed by atoms with Crippen molar-refractivity contribution in [3.63, 3.8) is 0 Å². The number of hydrogen-bond donors (Lipinski definition) is 1. The van der Waals surface area contributed by atoms with Crippen molar-refractivity contribution in [2.75, 3.05) is 0 Å². The van der Waals surface area contributed by atoms with Crippen LogP contribution in [0.1, 0.15) is 6.92 Å². The SMILES string of the molecule is C[C@H](S)SI. The quantitative estimate of drug-likeness (QED) is 0.402. The molecule has 0 aromatic rings. The van der Waals surface area contributed by atoms with Gasteiger partial charge in [0.25, 0.3) is 0 Å². The maximum Gasteiger partial charge on any atom is 0.0544 e. The molecule has 5 heavy (non-hydrogen) atoms. The summed E-state index contributed by atoms with van der Waals surface area (Å²) in [5, 5.41) is 0. The third-order valence-electron chi connectivity index (χ3n) is 0.129. The molecule has 0 N–H and O–H groups in total. The minimum absolute atomic E-state index is 0.482. The predicted molar refractivity (Wildman–Crippen MR) is 40.1 cm³/mol. The smallest absolute Gasteiger partial charge is 0.0544 e. The predicted octanol–water partition coefficient (Wildman–Crippen LogP) is 2.35. The van der Waals surface area contributed by atoms with Crippen LogP contribution in [0.3, 0.4) is 0 Å². The topological polar surface area (TPSA) is 0 Å². The van der Waals surface area contributed by atoms with Gasteiger partial charge in [-0.15, -0.1) is 0 Å². The van der Waals surface area contributed by atoms with E-state index in [0.29, 0.717) is 4.58 Å². The van der Waals surface area contributed by atoms with Crippen LogP contribution in [-0.2, 0) is 0 Å². The largest absolute Gasteiger partial charge is 0.164 e. The second-order valence-electron chi connectivity index (χ2n) is 0.688. The highest BCUT2D eigenvalue weighted by Crippen LogP contribution is 2.20. The van der Waals surface area contributed by atoms with Crippen LogP contribution < -0.4 is 0 Å². The first-order valence-corrected chi connectivity index (χ1v) is 5.16. The van der Waals surface area contributed by atoms with E-state index in [0.717, 1.165) is 0 Å². The first-order chi connectivity index (χ1) is 2.27. The molecule has 0 heterocycles. The van der Waals surface area contributed by atoms with Gasteiger partial charge in [0.05, 0.1) is 4.58 Å². The fourth-order valence-corrected chi connectivity index (χ4v) is 0. The van der Waals surface area contributed by atoms with Crippen molar-refractivity contribution in [3.05, 3.63) is 0 Å². The van der Waals surface area contributed by atoms with Gasteiger partial charge in [0, 0.05) is 0 Å². The standard InChI is InChI=1S/C2H5IS2/c1-2(4)5-3/h2,4H,1H3/t2-/m1/s1. The average Bonchev–Trinajstić information content (AvgIpc) is 1.38. The molecule has 0 saturated heterocycles. The Hall–Kier alpha value is 1.43. The first-order valence-electron chi connectivity index (χ1n) is 1.23. The minimum atomic E-state index is 0.482. The van der Waals surface area contributed by atoms with E-state index < -0.39 is 0 Å². The summed E-state index contributed by atoms with van der Waals surface area (Å²) in [6.45, 7) is 2.04. The van der Waals surface area contributed by atoms with Crippen LogP contribution in [0.2, 0.25) is 0 Å². The van der Waals surface area contributed by atoms with Crippen molar-refractivity contribution in [1.29, 1.82) is 0 Å². The fourth-order valence-electron chi connectivity index (χ4n) is 0. The Labute approximate surface area is 54.1 Å². The van der Waals surface area contributed by atoms with Crippen molar-refractivity contribution in [3.8, 4) is 0 Å². The van der Waals surface area contributed by atoms with E-state index in [9.17, 15) is 0 Å². The fraction of sp³-hybridized carbons (Fsp3) is 1.00. The zero-order chi connectivity index (χ0) is 4.28. The lowest BCUT2D eigenvalue weighted by Gasteiger charge is -1.87. The molecule has 0 unspecified atom stereocenters. The van der Waals surface area contributed by atoms with E-state index in [1.54, 1.807) is 8.93 Å². The Bertz CT molecular complexity index is 21.6. The first kappa shape index (κ1) is 6.43. The molecule has 3 heteroatoms. The van der Waals surface area contributed by atoms with Crippen molar-refractivity contribution in [1.82, 2.24) is 0 Å². The van der Waals surface area contributed by atoms with Gasteiger partial charge in [0.15, 0.2) is 0 Å². The molecule has 0 radical (unpaired) electrons. The summed E-state index contributed by atoms with van der Waals surface area (Å²) in [7, 11) is 1.71. The lowest BCUT2D eigenvalue weighted by molar-refractivity contribution is 1.45. The van der Waals surface area contributed by atoms with Crippen molar-refractivity contribution >= 4 is 42.8 Å². The van der Waals surface area contributed by atoms with Crippen LogP contribution in [0.5, 0.6) is 0 Å². The lowest BCUT2D eigenvalue weighted by Crippen LogP contribution is -1.69. The summed E-state index contributed by atoms with van der Waals surface area (Å²) in [6.07, 6.45) is 0. The molecule has 32 valence electrons. The number of halogens is 1. The second kappa shape index (κ2) is 3.61. The third-order valence-corrected chi connectivity index (χ3v) is 4.20. The highest BCUT2D eigenvalue weighted by molar-refractivity contribution is 14.2. The summed E-state index contributed by atoms with van der Waals surface area (Å²) in [4.78, 5) is 0. The number of rotatable bonds is 1. The number of thiol groups is 1. The van der Waals surface area contributed by atoms with Gasteiger partial charge < -0.3 is 0 Å². The molecule has 0 aromatic carbocycles. The summed E-state index contributed by atoms with van der Waals surface area (Å²) >= 11 is 6.27. The maximum absolute atomic E-state index is 4.05. The molecule has 0 aliphatic heterocycles. The molecule has 0 fully saturated rings. The molecule has 0 spiro atoms. The summed E-state index contributed by atoms with van der Waals surface area (Å²) in [6, 6.07) is 0. The Morgan fingerprint density at radius 1 is 2.00 bits per heavy atom. The normalized spacial score (nSPS) is 15.0. The van der Waals surface area contributed by atoms with Gasteiger partial charge in [-0.2, -0.15) is 12.6 Å². The van der Waals surface area contributed by atoms with Gasteiger partial charge in [0.2, 0.25) is 0 Å². The Balaban J connectivity index is 2.54. The van der Waals surface area contributed by atoms with Gasteiger partial charge in [-0.25, -0.2) is 0 Å². The Kier molecular flexibility index (Phi) is 4.65. The summed E-state index contributed by atoms with van der Waals surface area (Å²) in [5.74, 6) is 0. The molecule has 0 aliphatic carbocycles. The highest BCUT2D eigenvalue weighted by Gasteiger charge is 1.83. The number of hydrogen-bond acceptors (Lipinski definition) is 2. The van der Waals surface area contributed by atoms with Gasteiger partial charge in [-0.05, 0) is 28.1 Å². The molecular formula is C2H5IS2. The van der Waals surface area contributed by atoms with Crippen molar-refractivity contribution in [2.24, 2.45) is 0 Å². The van der Waals surface area contributed by atoms with Gasteiger partial charge in [-0.3, -0.25) is 0 Å². The minimum Gasteiger partial charge on any atom is -0.164 e. The molecule has 0 bridgehead atoms.